The van der Waals surface area contributed by atoms with Gasteiger partial charge in [0.25, 0.3) is 5.91 Å². The zero-order valence-electron chi connectivity index (χ0n) is 17.9. The number of carbonyl (C=O) groups excluding carboxylic acids is 1. The Morgan fingerprint density at radius 3 is 2.48 bits per heavy atom. The van der Waals surface area contributed by atoms with E-state index in [4.69, 9.17) is 9.72 Å². The number of pyridine rings is 1. The van der Waals surface area contributed by atoms with Gasteiger partial charge < -0.3 is 14.2 Å². The number of amides is 1. The van der Waals surface area contributed by atoms with E-state index in [9.17, 15) is 4.79 Å². The average Bonchev–Trinajstić information content (AvgIpc) is 3.16. The Balaban J connectivity index is 1.69. The molecule has 2 aromatic heterocycles. The Kier molecular flexibility index (Phi) is 6.26. The topological polar surface area (TPSA) is 60.2 Å². The van der Waals surface area contributed by atoms with Crippen molar-refractivity contribution < 1.29 is 9.53 Å². The monoisotopic (exact) mass is 414 g/mol. The largest absolute Gasteiger partial charge is 0.497 e. The fourth-order valence-corrected chi connectivity index (χ4v) is 3.67. The highest BCUT2D eigenvalue weighted by Gasteiger charge is 2.20. The molecule has 6 nitrogen and oxygen atoms in total. The van der Waals surface area contributed by atoms with Crippen LogP contribution in [0.1, 0.15) is 35.1 Å². The fourth-order valence-electron chi connectivity index (χ4n) is 3.67. The van der Waals surface area contributed by atoms with Crippen molar-refractivity contribution in [3.8, 4) is 5.75 Å². The highest BCUT2D eigenvalue weighted by atomic mass is 16.5. The minimum absolute atomic E-state index is 0.0283. The number of imidazole rings is 1. The number of carbonyl (C=O) groups is 1. The van der Waals surface area contributed by atoms with E-state index in [2.05, 4.69) is 16.5 Å². The van der Waals surface area contributed by atoms with Crippen molar-refractivity contribution in [1.29, 1.82) is 0 Å². The normalized spacial score (nSPS) is 10.9. The summed E-state index contributed by atoms with van der Waals surface area (Å²) >= 11 is 0. The molecule has 0 radical (unpaired) electrons. The van der Waals surface area contributed by atoms with E-state index in [0.29, 0.717) is 18.7 Å². The van der Waals surface area contributed by atoms with Gasteiger partial charge in [0.1, 0.15) is 17.1 Å². The Morgan fingerprint density at radius 2 is 1.77 bits per heavy atom. The second kappa shape index (κ2) is 9.43. The number of nitrogens with zero attached hydrogens (tertiary/aromatic N) is 4. The molecule has 4 rings (SSSR count). The second-order valence-electron chi connectivity index (χ2n) is 7.40. The molecule has 0 fully saturated rings. The van der Waals surface area contributed by atoms with Crippen molar-refractivity contribution in [3.05, 3.63) is 89.9 Å². The SMILES string of the molecule is CCCn1c(CN(Cc2ccc(OC)cc2)C(=O)c2ccccc2)nc2cccnc21. The average molecular weight is 415 g/mol. The molecule has 0 unspecified atom stereocenters. The van der Waals surface area contributed by atoms with Crippen LogP contribution in [0, 0.1) is 0 Å². The van der Waals surface area contributed by atoms with Gasteiger partial charge >= 0.3 is 0 Å². The van der Waals surface area contributed by atoms with Gasteiger partial charge in [-0.25, -0.2) is 9.97 Å². The first-order chi connectivity index (χ1) is 15.2. The van der Waals surface area contributed by atoms with Gasteiger partial charge in [-0.15, -0.1) is 0 Å². The maximum Gasteiger partial charge on any atom is 0.254 e. The molecular weight excluding hydrogens is 388 g/mol. The third-order valence-electron chi connectivity index (χ3n) is 5.20. The Hall–Kier alpha value is -3.67. The van der Waals surface area contributed by atoms with E-state index in [0.717, 1.165) is 41.3 Å². The summed E-state index contributed by atoms with van der Waals surface area (Å²) in [6, 6.07) is 21.0. The molecule has 1 amide bonds. The van der Waals surface area contributed by atoms with Crippen LogP contribution in [-0.4, -0.2) is 32.5 Å². The lowest BCUT2D eigenvalue weighted by Gasteiger charge is -2.23. The van der Waals surface area contributed by atoms with Crippen LogP contribution in [0.2, 0.25) is 0 Å². The van der Waals surface area contributed by atoms with Crippen molar-refractivity contribution in [2.45, 2.75) is 33.0 Å². The number of benzene rings is 2. The molecule has 0 saturated heterocycles. The number of aryl methyl sites for hydroxylation is 1. The number of fused-ring (bicyclic) bond motifs is 1. The summed E-state index contributed by atoms with van der Waals surface area (Å²) in [5.41, 5.74) is 3.40. The molecule has 0 N–H and O–H groups in total. The third-order valence-corrected chi connectivity index (χ3v) is 5.20. The number of aromatic nitrogens is 3. The van der Waals surface area contributed by atoms with Gasteiger partial charge in [-0.05, 0) is 48.4 Å². The Morgan fingerprint density at radius 1 is 1.00 bits per heavy atom. The lowest BCUT2D eigenvalue weighted by atomic mass is 10.1. The molecular formula is C25H26N4O2. The van der Waals surface area contributed by atoms with E-state index in [-0.39, 0.29) is 5.91 Å². The molecule has 0 aliphatic rings. The maximum atomic E-state index is 13.4. The van der Waals surface area contributed by atoms with E-state index < -0.39 is 0 Å². The summed E-state index contributed by atoms with van der Waals surface area (Å²) < 4.78 is 7.38. The van der Waals surface area contributed by atoms with Crippen molar-refractivity contribution >= 4 is 17.1 Å². The van der Waals surface area contributed by atoms with E-state index in [1.54, 1.807) is 13.3 Å². The van der Waals surface area contributed by atoms with Gasteiger partial charge in [-0.2, -0.15) is 0 Å². The molecule has 2 aromatic carbocycles. The standard InChI is InChI=1S/C25H26N4O2/c1-3-16-29-23(27-22-10-7-15-26-24(22)29)18-28(25(30)20-8-5-4-6-9-20)17-19-11-13-21(31-2)14-12-19/h4-15H,3,16-18H2,1-2H3. The molecule has 0 aliphatic carbocycles. The summed E-state index contributed by atoms with van der Waals surface area (Å²) in [6.07, 6.45) is 2.74. The zero-order valence-corrected chi connectivity index (χ0v) is 17.9. The van der Waals surface area contributed by atoms with E-state index >= 15 is 0 Å². The summed E-state index contributed by atoms with van der Waals surface area (Å²) in [6.45, 7) is 3.80. The number of ether oxygens (including phenoxy) is 1. The van der Waals surface area contributed by atoms with Crippen molar-refractivity contribution in [2.24, 2.45) is 0 Å². The van der Waals surface area contributed by atoms with Gasteiger partial charge in [0.2, 0.25) is 0 Å². The quantitative estimate of drug-likeness (QED) is 0.420. The predicted molar refractivity (Wildman–Crippen MR) is 121 cm³/mol. The molecule has 0 spiro atoms. The van der Waals surface area contributed by atoms with Crippen LogP contribution >= 0.6 is 0 Å². The minimum Gasteiger partial charge on any atom is -0.497 e. The Bertz CT molecular complexity index is 1150. The molecule has 0 atom stereocenters. The summed E-state index contributed by atoms with van der Waals surface area (Å²) in [5, 5.41) is 0. The maximum absolute atomic E-state index is 13.4. The van der Waals surface area contributed by atoms with Gasteiger partial charge in [0.05, 0.1) is 13.7 Å². The highest BCUT2D eigenvalue weighted by Crippen LogP contribution is 2.20. The van der Waals surface area contributed by atoms with Gasteiger partial charge in [0, 0.05) is 24.8 Å². The van der Waals surface area contributed by atoms with Crippen LogP contribution < -0.4 is 4.74 Å². The molecule has 0 saturated carbocycles. The molecule has 31 heavy (non-hydrogen) atoms. The van der Waals surface area contributed by atoms with Gasteiger partial charge in [-0.3, -0.25) is 4.79 Å². The molecule has 4 aromatic rings. The third kappa shape index (κ3) is 4.58. The Labute approximate surface area is 182 Å². The second-order valence-corrected chi connectivity index (χ2v) is 7.40. The van der Waals surface area contributed by atoms with E-state index in [1.807, 2.05) is 71.6 Å². The summed E-state index contributed by atoms with van der Waals surface area (Å²) in [4.78, 5) is 24.6. The number of hydrogen-bond acceptors (Lipinski definition) is 4. The smallest absolute Gasteiger partial charge is 0.254 e. The van der Waals surface area contributed by atoms with Crippen LogP contribution in [0.3, 0.4) is 0 Å². The molecule has 0 aliphatic heterocycles. The van der Waals surface area contributed by atoms with Crippen molar-refractivity contribution in [1.82, 2.24) is 19.4 Å². The summed E-state index contributed by atoms with van der Waals surface area (Å²) in [5.74, 6) is 1.60. The van der Waals surface area contributed by atoms with Crippen molar-refractivity contribution in [2.75, 3.05) is 7.11 Å². The van der Waals surface area contributed by atoms with E-state index in [1.165, 1.54) is 0 Å². The van der Waals surface area contributed by atoms with Gasteiger partial charge in [0.15, 0.2) is 5.65 Å². The van der Waals surface area contributed by atoms with Crippen LogP contribution in [-0.2, 0) is 19.6 Å². The lowest BCUT2D eigenvalue weighted by molar-refractivity contribution is 0.0723. The number of hydrogen-bond donors (Lipinski definition) is 0. The lowest BCUT2D eigenvalue weighted by Crippen LogP contribution is -2.31. The van der Waals surface area contributed by atoms with Crippen LogP contribution in [0.15, 0.2) is 72.9 Å². The highest BCUT2D eigenvalue weighted by molar-refractivity contribution is 5.94. The van der Waals surface area contributed by atoms with Crippen LogP contribution in [0.25, 0.3) is 11.2 Å². The predicted octanol–water partition coefficient (Wildman–Crippen LogP) is 4.69. The number of rotatable bonds is 8. The molecule has 0 bridgehead atoms. The molecule has 6 heteroatoms. The first-order valence-electron chi connectivity index (χ1n) is 10.5. The minimum atomic E-state index is -0.0283. The first kappa shape index (κ1) is 20.6. The zero-order chi connectivity index (χ0) is 21.6. The van der Waals surface area contributed by atoms with Gasteiger partial charge in [-0.1, -0.05) is 37.3 Å². The van der Waals surface area contributed by atoms with Crippen LogP contribution in [0.5, 0.6) is 5.75 Å². The first-order valence-corrected chi connectivity index (χ1v) is 10.5. The molecule has 2 heterocycles. The van der Waals surface area contributed by atoms with Crippen LogP contribution in [0.4, 0.5) is 0 Å². The summed E-state index contributed by atoms with van der Waals surface area (Å²) in [7, 11) is 1.65. The van der Waals surface area contributed by atoms with Crippen molar-refractivity contribution in [3.63, 3.8) is 0 Å². The fraction of sp³-hybridized carbons (Fsp3) is 0.240. The number of methoxy groups -OCH3 is 1. The molecule has 158 valence electrons.